The molecule has 1 amide bonds. The predicted octanol–water partition coefficient (Wildman–Crippen LogP) is 1.87. The Morgan fingerprint density at radius 1 is 1.47 bits per heavy atom. The first-order valence-electron chi connectivity index (χ1n) is 6.23. The highest BCUT2D eigenvalue weighted by Crippen LogP contribution is 2.32. The molecular formula is C15H16N2O2. The first kappa shape index (κ1) is 13.3. The van der Waals surface area contributed by atoms with Crippen LogP contribution in [0.5, 0.6) is 0 Å². The van der Waals surface area contributed by atoms with Gasteiger partial charge in [-0.3, -0.25) is 4.79 Å². The zero-order valence-electron chi connectivity index (χ0n) is 10.7. The number of hydrogen-bond acceptors (Lipinski definition) is 3. The number of carbonyl (C=O) groups excluding carboxylic acids is 1. The Balaban J connectivity index is 2.38. The molecule has 0 aromatic heterocycles. The van der Waals surface area contributed by atoms with E-state index in [0.717, 1.165) is 5.56 Å². The van der Waals surface area contributed by atoms with Gasteiger partial charge in [-0.05, 0) is 36.6 Å². The van der Waals surface area contributed by atoms with E-state index in [9.17, 15) is 4.79 Å². The molecule has 1 heterocycles. The average Bonchev–Trinajstić information content (AvgIpc) is 2.48. The van der Waals surface area contributed by atoms with Crippen LogP contribution in [0, 0.1) is 11.3 Å². The van der Waals surface area contributed by atoms with Crippen molar-refractivity contribution in [2.75, 3.05) is 13.2 Å². The predicted molar refractivity (Wildman–Crippen MR) is 71.2 cm³/mol. The van der Waals surface area contributed by atoms with Crippen LogP contribution >= 0.6 is 0 Å². The summed E-state index contributed by atoms with van der Waals surface area (Å²) in [4.78, 5) is 11.7. The number of hydrogen-bond donors (Lipinski definition) is 1. The lowest BCUT2D eigenvalue weighted by Crippen LogP contribution is -2.49. The van der Waals surface area contributed by atoms with Crippen molar-refractivity contribution in [3.05, 3.63) is 48.0 Å². The number of carbonyl (C=O) groups is 1. The third-order valence-electron chi connectivity index (χ3n) is 3.44. The van der Waals surface area contributed by atoms with Gasteiger partial charge in [-0.15, -0.1) is 0 Å². The Bertz CT molecular complexity index is 525. The van der Waals surface area contributed by atoms with Crippen molar-refractivity contribution in [1.29, 1.82) is 5.26 Å². The van der Waals surface area contributed by atoms with Gasteiger partial charge in [0.15, 0.2) is 0 Å². The van der Waals surface area contributed by atoms with Crippen LogP contribution in [0.25, 0.3) is 0 Å². The van der Waals surface area contributed by atoms with Crippen LogP contribution in [0.1, 0.15) is 24.0 Å². The molecule has 19 heavy (non-hydrogen) atoms. The van der Waals surface area contributed by atoms with Gasteiger partial charge in [-0.25, -0.2) is 0 Å². The summed E-state index contributed by atoms with van der Waals surface area (Å²) in [7, 11) is 0. The minimum atomic E-state index is -0.462. The maximum atomic E-state index is 11.7. The van der Waals surface area contributed by atoms with Crippen molar-refractivity contribution >= 4 is 5.91 Å². The number of nitriles is 1. The van der Waals surface area contributed by atoms with Crippen LogP contribution in [0.3, 0.4) is 0 Å². The highest BCUT2D eigenvalue weighted by atomic mass is 16.5. The summed E-state index contributed by atoms with van der Waals surface area (Å²) >= 11 is 0. The fraction of sp³-hybridized carbons (Fsp3) is 0.333. The standard InChI is InChI=1S/C15H16N2O2/c1-2-14(18)17-15(6-8-19-9-7-15)13-5-3-4-12(10-13)11-16/h2-5,10H,1,6-9H2,(H,17,18). The van der Waals surface area contributed by atoms with Crippen molar-refractivity contribution in [2.45, 2.75) is 18.4 Å². The van der Waals surface area contributed by atoms with Crippen molar-refractivity contribution in [2.24, 2.45) is 0 Å². The van der Waals surface area contributed by atoms with Crippen molar-refractivity contribution in [3.8, 4) is 6.07 Å². The van der Waals surface area contributed by atoms with Gasteiger partial charge in [-0.2, -0.15) is 5.26 Å². The number of rotatable bonds is 3. The monoisotopic (exact) mass is 256 g/mol. The molecule has 0 spiro atoms. The van der Waals surface area contributed by atoms with E-state index in [-0.39, 0.29) is 5.91 Å². The van der Waals surface area contributed by atoms with Gasteiger partial charge in [0.05, 0.1) is 17.2 Å². The Hall–Kier alpha value is -2.12. The lowest BCUT2D eigenvalue weighted by Gasteiger charge is -2.38. The third-order valence-corrected chi connectivity index (χ3v) is 3.44. The summed E-state index contributed by atoms with van der Waals surface area (Å²) in [6, 6.07) is 9.49. The van der Waals surface area contributed by atoms with Gasteiger partial charge >= 0.3 is 0 Å². The van der Waals surface area contributed by atoms with Gasteiger partial charge in [0.25, 0.3) is 0 Å². The fourth-order valence-electron chi connectivity index (χ4n) is 2.38. The molecule has 1 aromatic carbocycles. The molecule has 1 saturated heterocycles. The topological polar surface area (TPSA) is 62.1 Å². The van der Waals surface area contributed by atoms with Crippen molar-refractivity contribution < 1.29 is 9.53 Å². The lowest BCUT2D eigenvalue weighted by atomic mass is 9.82. The van der Waals surface area contributed by atoms with E-state index < -0.39 is 5.54 Å². The second-order valence-electron chi connectivity index (χ2n) is 4.58. The molecule has 0 unspecified atom stereocenters. The second-order valence-corrected chi connectivity index (χ2v) is 4.58. The second kappa shape index (κ2) is 5.68. The minimum Gasteiger partial charge on any atom is -0.381 e. The molecule has 1 aliphatic heterocycles. The van der Waals surface area contributed by atoms with Crippen LogP contribution in [-0.4, -0.2) is 19.1 Å². The number of ether oxygens (including phenoxy) is 1. The van der Waals surface area contributed by atoms with Crippen molar-refractivity contribution in [3.63, 3.8) is 0 Å². The van der Waals surface area contributed by atoms with E-state index in [4.69, 9.17) is 10.00 Å². The summed E-state index contributed by atoms with van der Waals surface area (Å²) in [5, 5.41) is 12.0. The summed E-state index contributed by atoms with van der Waals surface area (Å²) in [5.74, 6) is -0.204. The molecule has 4 heteroatoms. The summed E-state index contributed by atoms with van der Waals surface area (Å²) in [6.07, 6.45) is 2.66. The highest BCUT2D eigenvalue weighted by molar-refractivity contribution is 5.87. The largest absolute Gasteiger partial charge is 0.381 e. The molecule has 2 rings (SSSR count). The SMILES string of the molecule is C=CC(=O)NC1(c2cccc(C#N)c2)CCOCC1. The summed E-state index contributed by atoms with van der Waals surface area (Å²) in [5.41, 5.74) is 1.08. The smallest absolute Gasteiger partial charge is 0.244 e. The van der Waals surface area contributed by atoms with Gasteiger partial charge in [0, 0.05) is 13.2 Å². The Kier molecular flexibility index (Phi) is 3.98. The van der Waals surface area contributed by atoms with E-state index in [1.807, 2.05) is 18.2 Å². The highest BCUT2D eigenvalue weighted by Gasteiger charge is 2.35. The normalized spacial score (nSPS) is 17.2. The molecule has 1 fully saturated rings. The molecule has 4 nitrogen and oxygen atoms in total. The number of nitrogens with one attached hydrogen (secondary N) is 1. The first-order valence-corrected chi connectivity index (χ1v) is 6.23. The van der Waals surface area contributed by atoms with Gasteiger partial charge in [-0.1, -0.05) is 18.7 Å². The van der Waals surface area contributed by atoms with Gasteiger partial charge in [0.1, 0.15) is 0 Å². The molecule has 0 bridgehead atoms. The van der Waals surface area contributed by atoms with E-state index in [1.165, 1.54) is 6.08 Å². The van der Waals surface area contributed by atoms with E-state index in [0.29, 0.717) is 31.6 Å². The Labute approximate surface area is 112 Å². The van der Waals surface area contributed by atoms with Crippen molar-refractivity contribution in [1.82, 2.24) is 5.32 Å². The van der Waals surface area contributed by atoms with Gasteiger partial charge < -0.3 is 10.1 Å². The molecule has 98 valence electrons. The van der Waals surface area contributed by atoms with Gasteiger partial charge in [0.2, 0.25) is 5.91 Å². The third kappa shape index (κ3) is 2.83. The van der Waals surface area contributed by atoms with E-state index in [2.05, 4.69) is 18.0 Å². The molecule has 1 N–H and O–H groups in total. The van der Waals surface area contributed by atoms with E-state index in [1.54, 1.807) is 6.07 Å². The quantitative estimate of drug-likeness (QED) is 0.840. The molecule has 0 aliphatic carbocycles. The zero-order chi connectivity index (χ0) is 13.7. The number of nitrogens with zero attached hydrogens (tertiary/aromatic N) is 1. The van der Waals surface area contributed by atoms with E-state index >= 15 is 0 Å². The first-order chi connectivity index (χ1) is 9.20. The molecule has 0 saturated carbocycles. The molecule has 1 aromatic rings. The maximum Gasteiger partial charge on any atom is 0.244 e. The van der Waals surface area contributed by atoms with Crippen LogP contribution in [0.4, 0.5) is 0 Å². The molecular weight excluding hydrogens is 240 g/mol. The zero-order valence-corrected chi connectivity index (χ0v) is 10.7. The van der Waals surface area contributed by atoms with Crippen LogP contribution in [0.2, 0.25) is 0 Å². The lowest BCUT2D eigenvalue weighted by molar-refractivity contribution is -0.119. The maximum absolute atomic E-state index is 11.7. The Morgan fingerprint density at radius 3 is 2.84 bits per heavy atom. The molecule has 0 radical (unpaired) electrons. The molecule has 1 aliphatic rings. The molecule has 0 atom stereocenters. The van der Waals surface area contributed by atoms with Crippen LogP contribution in [0.15, 0.2) is 36.9 Å². The summed E-state index contributed by atoms with van der Waals surface area (Å²) < 4.78 is 5.38. The Morgan fingerprint density at radius 2 is 2.21 bits per heavy atom. The number of amides is 1. The van der Waals surface area contributed by atoms with Crippen LogP contribution < -0.4 is 5.32 Å². The average molecular weight is 256 g/mol. The summed E-state index contributed by atoms with van der Waals surface area (Å²) in [6.45, 7) is 4.67. The fourth-order valence-corrected chi connectivity index (χ4v) is 2.38. The minimum absolute atomic E-state index is 0.204. The van der Waals surface area contributed by atoms with Crippen LogP contribution in [-0.2, 0) is 15.1 Å². The number of benzene rings is 1.